The molecule has 0 unspecified atom stereocenters. The Balaban J connectivity index is 2.94. The van der Waals surface area contributed by atoms with Gasteiger partial charge in [0.25, 0.3) is 0 Å². The van der Waals surface area contributed by atoms with Crippen molar-refractivity contribution in [1.29, 1.82) is 0 Å². The summed E-state index contributed by atoms with van der Waals surface area (Å²) in [7, 11) is 1.64. The Kier molecular flexibility index (Phi) is 2.67. The number of hydrogen-bond donors (Lipinski definition) is 3. The van der Waals surface area contributed by atoms with Gasteiger partial charge in [-0.1, -0.05) is 11.6 Å². The summed E-state index contributed by atoms with van der Waals surface area (Å²) in [6, 6.07) is 0. The van der Waals surface area contributed by atoms with E-state index < -0.39 is 5.69 Å². The first-order valence-corrected chi connectivity index (χ1v) is 3.68. The van der Waals surface area contributed by atoms with E-state index in [0.29, 0.717) is 0 Å². The molecule has 0 fully saturated rings. The van der Waals surface area contributed by atoms with Gasteiger partial charge in [0.15, 0.2) is 5.78 Å². The molecule has 0 bridgehead atoms. The number of carbonyl (C=O) groups excluding carboxylic acids is 1. The quantitative estimate of drug-likeness (QED) is 0.575. The number of carbonyl (C=O) groups is 1. The number of nitrogens with one attached hydrogen (secondary N) is 3. The molecular weight excluding hydrogens is 182 g/mol. The second-order valence-electron chi connectivity index (χ2n) is 2.22. The zero-order valence-corrected chi connectivity index (χ0v) is 7.16. The van der Waals surface area contributed by atoms with Crippen LogP contribution >= 0.6 is 11.6 Å². The fourth-order valence-electron chi connectivity index (χ4n) is 0.803. The molecule has 0 atom stereocenters. The molecule has 0 radical (unpaired) electrons. The molecule has 0 saturated heterocycles. The average Bonchev–Trinajstić information content (AvgIpc) is 2.30. The van der Waals surface area contributed by atoms with Crippen LogP contribution in [0, 0.1) is 0 Å². The van der Waals surface area contributed by atoms with Crippen LogP contribution in [-0.2, 0) is 0 Å². The van der Waals surface area contributed by atoms with Gasteiger partial charge in [0.2, 0.25) is 0 Å². The number of H-pyrrole nitrogens is 2. The van der Waals surface area contributed by atoms with Crippen LogP contribution in [0.15, 0.2) is 4.79 Å². The lowest BCUT2D eigenvalue weighted by Gasteiger charge is -1.94. The van der Waals surface area contributed by atoms with E-state index in [-0.39, 0.29) is 23.2 Å². The van der Waals surface area contributed by atoms with Gasteiger partial charge in [0.05, 0.1) is 6.54 Å². The monoisotopic (exact) mass is 189 g/mol. The van der Waals surface area contributed by atoms with Gasteiger partial charge in [0, 0.05) is 0 Å². The van der Waals surface area contributed by atoms with Gasteiger partial charge in [0.1, 0.15) is 10.8 Å². The van der Waals surface area contributed by atoms with Gasteiger partial charge in [-0.25, -0.2) is 4.79 Å². The highest BCUT2D eigenvalue weighted by Crippen LogP contribution is 2.06. The Labute approximate surface area is 73.1 Å². The molecule has 1 aromatic rings. The van der Waals surface area contributed by atoms with Gasteiger partial charge in [-0.05, 0) is 7.05 Å². The van der Waals surface area contributed by atoms with Crippen molar-refractivity contribution in [2.75, 3.05) is 13.6 Å². The fraction of sp³-hybridized carbons (Fsp3) is 0.333. The zero-order valence-electron chi connectivity index (χ0n) is 6.40. The lowest BCUT2D eigenvalue weighted by Crippen LogP contribution is -2.19. The topological polar surface area (TPSA) is 77.8 Å². The number of Topliss-reactive ketones (excluding diaryl/α,β-unsaturated/α-hetero) is 1. The van der Waals surface area contributed by atoms with Gasteiger partial charge < -0.3 is 10.3 Å². The number of likely N-dealkylation sites (N-methyl/N-ethyl adjacent to an activating group) is 1. The number of ketones is 1. The first kappa shape index (κ1) is 9.02. The summed E-state index contributed by atoms with van der Waals surface area (Å²) in [5.41, 5.74) is -0.351. The minimum absolute atomic E-state index is 0.0558. The minimum atomic E-state index is -0.473. The van der Waals surface area contributed by atoms with E-state index in [1.165, 1.54) is 0 Å². The average molecular weight is 190 g/mol. The van der Waals surface area contributed by atoms with Crippen LogP contribution < -0.4 is 11.0 Å². The molecule has 6 heteroatoms. The van der Waals surface area contributed by atoms with Gasteiger partial charge in [-0.3, -0.25) is 9.78 Å². The zero-order chi connectivity index (χ0) is 9.14. The second-order valence-corrected chi connectivity index (χ2v) is 2.60. The van der Waals surface area contributed by atoms with Crippen LogP contribution in [0.1, 0.15) is 10.5 Å². The molecule has 0 aliphatic rings. The van der Waals surface area contributed by atoms with E-state index in [9.17, 15) is 9.59 Å². The standard InChI is InChI=1S/C6H8ClN3O2/c1-8-2-3(11)4-5(7)10-6(12)9-4/h8H,2H2,1H3,(H2,9,10,12). The van der Waals surface area contributed by atoms with E-state index in [1.54, 1.807) is 7.05 Å². The van der Waals surface area contributed by atoms with Crippen molar-refractivity contribution in [2.24, 2.45) is 0 Å². The highest BCUT2D eigenvalue weighted by molar-refractivity contribution is 6.32. The highest BCUT2D eigenvalue weighted by atomic mass is 35.5. The summed E-state index contributed by atoms with van der Waals surface area (Å²) >= 11 is 5.54. The summed E-state index contributed by atoms with van der Waals surface area (Å²) in [4.78, 5) is 26.3. The van der Waals surface area contributed by atoms with Crippen molar-refractivity contribution in [3.8, 4) is 0 Å². The molecule has 1 heterocycles. The molecule has 0 saturated carbocycles. The first-order valence-electron chi connectivity index (χ1n) is 3.30. The third kappa shape index (κ3) is 1.75. The van der Waals surface area contributed by atoms with Crippen LogP contribution in [0.2, 0.25) is 5.15 Å². The first-order chi connectivity index (χ1) is 5.65. The van der Waals surface area contributed by atoms with Crippen molar-refractivity contribution in [3.05, 3.63) is 21.3 Å². The van der Waals surface area contributed by atoms with Crippen molar-refractivity contribution in [3.63, 3.8) is 0 Å². The molecule has 1 aromatic heterocycles. The third-order valence-corrected chi connectivity index (χ3v) is 1.58. The molecule has 0 aliphatic heterocycles. The Morgan fingerprint density at radius 3 is 2.67 bits per heavy atom. The van der Waals surface area contributed by atoms with E-state index in [1.807, 2.05) is 0 Å². The van der Waals surface area contributed by atoms with Gasteiger partial charge >= 0.3 is 5.69 Å². The lowest BCUT2D eigenvalue weighted by atomic mass is 10.3. The highest BCUT2D eigenvalue weighted by Gasteiger charge is 2.12. The summed E-state index contributed by atoms with van der Waals surface area (Å²) in [5.74, 6) is -0.249. The van der Waals surface area contributed by atoms with Crippen molar-refractivity contribution < 1.29 is 4.79 Å². The predicted octanol–water partition coefficient (Wildman–Crippen LogP) is -0.242. The van der Waals surface area contributed by atoms with Crippen molar-refractivity contribution in [1.82, 2.24) is 15.3 Å². The number of rotatable bonds is 3. The second kappa shape index (κ2) is 3.55. The molecule has 66 valence electrons. The molecule has 0 spiro atoms. The molecule has 1 rings (SSSR count). The third-order valence-electron chi connectivity index (χ3n) is 1.30. The predicted molar refractivity (Wildman–Crippen MR) is 44.7 cm³/mol. The van der Waals surface area contributed by atoms with Gasteiger partial charge in [-0.15, -0.1) is 0 Å². The normalized spacial score (nSPS) is 10.2. The molecule has 0 aliphatic carbocycles. The maximum absolute atomic E-state index is 11.1. The Hall–Kier alpha value is -1.07. The van der Waals surface area contributed by atoms with Gasteiger partial charge in [-0.2, -0.15) is 0 Å². The van der Waals surface area contributed by atoms with Crippen LogP contribution in [0.3, 0.4) is 0 Å². The van der Waals surface area contributed by atoms with Crippen molar-refractivity contribution in [2.45, 2.75) is 0 Å². The lowest BCUT2D eigenvalue weighted by molar-refractivity contribution is 0.0989. The van der Waals surface area contributed by atoms with Crippen LogP contribution in [0.25, 0.3) is 0 Å². The largest absolute Gasteiger partial charge is 0.324 e. The van der Waals surface area contributed by atoms with E-state index in [2.05, 4.69) is 15.3 Å². The smallest absolute Gasteiger partial charge is 0.313 e. The summed E-state index contributed by atoms with van der Waals surface area (Å²) < 4.78 is 0. The molecule has 3 N–H and O–H groups in total. The SMILES string of the molecule is CNCC(=O)c1[nH]c(=O)[nH]c1Cl. The Bertz CT molecular complexity index is 341. The van der Waals surface area contributed by atoms with Crippen LogP contribution in [0.5, 0.6) is 0 Å². The van der Waals surface area contributed by atoms with Crippen LogP contribution in [-0.4, -0.2) is 29.3 Å². The van der Waals surface area contributed by atoms with E-state index in [0.717, 1.165) is 0 Å². The fourth-order valence-corrected chi connectivity index (χ4v) is 1.04. The van der Waals surface area contributed by atoms with Crippen LogP contribution in [0.4, 0.5) is 0 Å². The summed E-state index contributed by atoms with van der Waals surface area (Å²) in [6.07, 6.45) is 0. The number of aromatic amines is 2. The number of halogens is 1. The molecule has 0 aromatic carbocycles. The number of hydrogen-bond acceptors (Lipinski definition) is 3. The summed E-state index contributed by atoms with van der Waals surface area (Å²) in [5, 5.41) is 2.71. The summed E-state index contributed by atoms with van der Waals surface area (Å²) in [6.45, 7) is 0.146. The molecule has 12 heavy (non-hydrogen) atoms. The minimum Gasteiger partial charge on any atom is -0.313 e. The molecule has 5 nitrogen and oxygen atoms in total. The maximum atomic E-state index is 11.1. The van der Waals surface area contributed by atoms with Crippen molar-refractivity contribution >= 4 is 17.4 Å². The van der Waals surface area contributed by atoms with E-state index in [4.69, 9.17) is 11.6 Å². The number of aromatic nitrogens is 2. The Morgan fingerprint density at radius 2 is 2.25 bits per heavy atom. The number of imidazole rings is 1. The Morgan fingerprint density at radius 1 is 1.58 bits per heavy atom. The maximum Gasteiger partial charge on any atom is 0.324 e. The van der Waals surface area contributed by atoms with E-state index >= 15 is 0 Å². The molecular formula is C6H8ClN3O2. The molecule has 0 amide bonds.